The van der Waals surface area contributed by atoms with Crippen LogP contribution in [0.5, 0.6) is 0 Å². The number of halogens is 1. The maximum atomic E-state index is 13.5. The van der Waals surface area contributed by atoms with Crippen LogP contribution in [0.4, 0.5) is 21.8 Å². The van der Waals surface area contributed by atoms with Crippen molar-refractivity contribution < 1.29 is 14.4 Å². The molecule has 8 heteroatoms. The third kappa shape index (κ3) is 4.26. The van der Waals surface area contributed by atoms with E-state index in [0.29, 0.717) is 30.2 Å². The Morgan fingerprint density at radius 3 is 2.71 bits per heavy atom. The maximum absolute atomic E-state index is 13.5. The van der Waals surface area contributed by atoms with Gasteiger partial charge in [-0.15, -0.1) is 0 Å². The molecule has 0 amide bonds. The van der Waals surface area contributed by atoms with E-state index in [1.807, 2.05) is 29.3 Å². The van der Waals surface area contributed by atoms with Crippen LogP contribution in [0.1, 0.15) is 43.4 Å². The molecule has 2 aromatic carbocycles. The van der Waals surface area contributed by atoms with E-state index in [1.165, 1.54) is 12.1 Å². The molecular formula is C23H26BFN4O2. The molecule has 0 bridgehead atoms. The van der Waals surface area contributed by atoms with Gasteiger partial charge in [-0.25, -0.2) is 9.37 Å². The predicted octanol–water partition coefficient (Wildman–Crippen LogP) is 3.11. The second-order valence-electron chi connectivity index (χ2n) is 8.25. The van der Waals surface area contributed by atoms with Gasteiger partial charge in [0.05, 0.1) is 0 Å². The average Bonchev–Trinajstić information content (AvgIpc) is 3.07. The highest BCUT2D eigenvalue weighted by atomic mass is 19.1. The van der Waals surface area contributed by atoms with Crippen LogP contribution < -0.4 is 15.7 Å². The standard InChI is InChI=1S/C23H26BFN4O2/c1-14(2)19-13-27-23(28-22(19)26-12-16-6-4-7-17(25)11-16)29-15(3)10-18-20(24(30)31)8-5-9-21(18)29/h4-9,11,13-15,30-31H,10,12H2,1-3H3,(H,26,27,28). The van der Waals surface area contributed by atoms with Crippen molar-refractivity contribution in [2.45, 2.75) is 45.7 Å². The first-order valence-electron chi connectivity index (χ1n) is 10.5. The highest BCUT2D eigenvalue weighted by Crippen LogP contribution is 2.37. The zero-order valence-corrected chi connectivity index (χ0v) is 17.9. The fraction of sp³-hybridized carbons (Fsp3) is 0.304. The van der Waals surface area contributed by atoms with E-state index in [-0.39, 0.29) is 17.8 Å². The molecule has 3 aromatic rings. The third-order valence-electron chi connectivity index (χ3n) is 5.66. The normalized spacial score (nSPS) is 15.3. The molecule has 1 aliphatic rings. The van der Waals surface area contributed by atoms with Crippen molar-refractivity contribution in [1.82, 2.24) is 9.97 Å². The van der Waals surface area contributed by atoms with Gasteiger partial charge in [-0.05, 0) is 54.1 Å². The van der Waals surface area contributed by atoms with E-state index in [0.717, 1.165) is 22.4 Å². The minimum atomic E-state index is -1.52. The lowest BCUT2D eigenvalue weighted by Gasteiger charge is -2.24. The molecule has 160 valence electrons. The number of hydrogen-bond acceptors (Lipinski definition) is 6. The number of rotatable bonds is 6. The Morgan fingerprint density at radius 2 is 2.00 bits per heavy atom. The summed E-state index contributed by atoms with van der Waals surface area (Å²) in [7, 11) is -1.52. The van der Waals surface area contributed by atoms with Crippen molar-refractivity contribution in [3.05, 3.63) is 71.2 Å². The summed E-state index contributed by atoms with van der Waals surface area (Å²) in [6, 6.07) is 12.0. The van der Waals surface area contributed by atoms with E-state index in [1.54, 1.807) is 12.1 Å². The van der Waals surface area contributed by atoms with Crippen molar-refractivity contribution in [3.63, 3.8) is 0 Å². The number of nitrogens with zero attached hydrogens (tertiary/aromatic N) is 3. The first-order valence-corrected chi connectivity index (χ1v) is 10.5. The first kappa shape index (κ1) is 21.3. The number of hydrogen-bond donors (Lipinski definition) is 3. The number of benzene rings is 2. The van der Waals surface area contributed by atoms with Gasteiger partial charge in [-0.2, -0.15) is 4.98 Å². The van der Waals surface area contributed by atoms with Crippen LogP contribution in [0.2, 0.25) is 0 Å². The lowest BCUT2D eigenvalue weighted by Crippen LogP contribution is -2.32. The molecule has 1 aromatic heterocycles. The smallest absolute Gasteiger partial charge is 0.423 e. The van der Waals surface area contributed by atoms with E-state index < -0.39 is 7.12 Å². The van der Waals surface area contributed by atoms with Gasteiger partial charge in [-0.1, -0.05) is 38.1 Å². The molecule has 2 heterocycles. The summed E-state index contributed by atoms with van der Waals surface area (Å²) in [4.78, 5) is 11.5. The predicted molar refractivity (Wildman–Crippen MR) is 121 cm³/mol. The summed E-state index contributed by atoms with van der Waals surface area (Å²) in [5, 5.41) is 22.8. The molecule has 4 rings (SSSR count). The Morgan fingerprint density at radius 1 is 1.23 bits per heavy atom. The van der Waals surface area contributed by atoms with Gasteiger partial charge >= 0.3 is 7.12 Å². The fourth-order valence-electron chi connectivity index (χ4n) is 4.11. The van der Waals surface area contributed by atoms with Gasteiger partial charge in [0.2, 0.25) is 5.95 Å². The molecule has 6 nitrogen and oxygen atoms in total. The van der Waals surface area contributed by atoms with Crippen molar-refractivity contribution in [2.24, 2.45) is 0 Å². The number of anilines is 3. The topological polar surface area (TPSA) is 81.5 Å². The van der Waals surface area contributed by atoms with Crippen molar-refractivity contribution in [3.8, 4) is 0 Å². The van der Waals surface area contributed by atoms with Gasteiger partial charge in [0.25, 0.3) is 0 Å². The summed E-state index contributed by atoms with van der Waals surface area (Å²) in [5.41, 5.74) is 4.10. The molecular weight excluding hydrogens is 394 g/mol. The summed E-state index contributed by atoms with van der Waals surface area (Å²) in [6.45, 7) is 6.66. The average molecular weight is 420 g/mol. The van der Waals surface area contributed by atoms with Gasteiger partial charge in [0.1, 0.15) is 11.6 Å². The molecule has 0 aliphatic carbocycles. The molecule has 1 aliphatic heterocycles. The summed E-state index contributed by atoms with van der Waals surface area (Å²) in [6.07, 6.45) is 2.50. The molecule has 0 saturated carbocycles. The minimum absolute atomic E-state index is 0.0656. The Balaban J connectivity index is 1.69. The molecule has 0 fully saturated rings. The third-order valence-corrected chi connectivity index (χ3v) is 5.66. The summed E-state index contributed by atoms with van der Waals surface area (Å²) >= 11 is 0. The lowest BCUT2D eigenvalue weighted by atomic mass is 9.76. The molecule has 0 radical (unpaired) electrons. The molecule has 1 unspecified atom stereocenters. The highest BCUT2D eigenvalue weighted by molar-refractivity contribution is 6.59. The molecule has 0 saturated heterocycles. The van der Waals surface area contributed by atoms with Crippen molar-refractivity contribution in [1.29, 1.82) is 0 Å². The monoisotopic (exact) mass is 420 g/mol. The Kier molecular flexibility index (Phi) is 5.93. The molecule has 1 atom stereocenters. The number of nitrogens with one attached hydrogen (secondary N) is 1. The van der Waals surface area contributed by atoms with Crippen LogP contribution in [0.25, 0.3) is 0 Å². The second kappa shape index (κ2) is 8.65. The largest absolute Gasteiger partial charge is 0.488 e. The van der Waals surface area contributed by atoms with Gasteiger partial charge in [-0.3, -0.25) is 0 Å². The Labute approximate surface area is 181 Å². The van der Waals surface area contributed by atoms with Crippen LogP contribution >= 0.6 is 0 Å². The summed E-state index contributed by atoms with van der Waals surface area (Å²) < 4.78 is 13.5. The SMILES string of the molecule is CC(C)c1cnc(N2c3cccc(B(O)O)c3CC2C)nc1NCc1cccc(F)c1. The fourth-order valence-corrected chi connectivity index (χ4v) is 4.11. The zero-order chi connectivity index (χ0) is 22.1. The van der Waals surface area contributed by atoms with Gasteiger partial charge < -0.3 is 20.3 Å². The van der Waals surface area contributed by atoms with Crippen LogP contribution in [-0.4, -0.2) is 33.2 Å². The molecule has 31 heavy (non-hydrogen) atoms. The second-order valence-corrected chi connectivity index (χ2v) is 8.25. The Bertz CT molecular complexity index is 1090. The highest BCUT2D eigenvalue weighted by Gasteiger charge is 2.33. The van der Waals surface area contributed by atoms with E-state index >= 15 is 0 Å². The van der Waals surface area contributed by atoms with Gasteiger partial charge in [0.15, 0.2) is 0 Å². The van der Waals surface area contributed by atoms with Crippen LogP contribution in [0.3, 0.4) is 0 Å². The van der Waals surface area contributed by atoms with Gasteiger partial charge in [0, 0.05) is 30.0 Å². The van der Waals surface area contributed by atoms with Crippen LogP contribution in [0.15, 0.2) is 48.7 Å². The molecule has 0 spiro atoms. The zero-order valence-electron chi connectivity index (χ0n) is 17.9. The molecule has 3 N–H and O–H groups in total. The Hall–Kier alpha value is -2.97. The van der Waals surface area contributed by atoms with E-state index in [4.69, 9.17) is 4.98 Å². The lowest BCUT2D eigenvalue weighted by molar-refractivity contribution is 0.425. The summed E-state index contributed by atoms with van der Waals surface area (Å²) in [5.74, 6) is 1.20. The minimum Gasteiger partial charge on any atom is -0.423 e. The van der Waals surface area contributed by atoms with Crippen LogP contribution in [-0.2, 0) is 13.0 Å². The number of fused-ring (bicyclic) bond motifs is 1. The van der Waals surface area contributed by atoms with Crippen LogP contribution in [0, 0.1) is 5.82 Å². The van der Waals surface area contributed by atoms with E-state index in [2.05, 4.69) is 31.1 Å². The van der Waals surface area contributed by atoms with Crippen molar-refractivity contribution in [2.75, 3.05) is 10.2 Å². The quantitative estimate of drug-likeness (QED) is 0.532. The maximum Gasteiger partial charge on any atom is 0.488 e. The van der Waals surface area contributed by atoms with E-state index in [9.17, 15) is 14.4 Å². The number of aromatic nitrogens is 2. The first-order chi connectivity index (χ1) is 14.8. The van der Waals surface area contributed by atoms with Crippen molar-refractivity contribution >= 4 is 30.0 Å².